The molecule has 0 unspecified atom stereocenters. The second-order valence-electron chi connectivity index (χ2n) is 5.61. The minimum absolute atomic E-state index is 0.00883. The van der Waals surface area contributed by atoms with Crippen molar-refractivity contribution in [3.05, 3.63) is 41.5 Å². The highest BCUT2D eigenvalue weighted by Gasteiger charge is 2.16. The van der Waals surface area contributed by atoms with E-state index < -0.39 is 16.0 Å². The summed E-state index contributed by atoms with van der Waals surface area (Å²) in [6.45, 7) is 3.66. The van der Waals surface area contributed by atoms with Crippen molar-refractivity contribution < 1.29 is 22.5 Å². The first-order valence-corrected chi connectivity index (χ1v) is 9.28. The van der Waals surface area contributed by atoms with Gasteiger partial charge < -0.3 is 9.26 Å². The minimum Gasteiger partial charge on any atom is -0.452 e. The quantitative estimate of drug-likeness (QED) is 0.542. The van der Waals surface area contributed by atoms with Gasteiger partial charge in [0, 0.05) is 18.9 Å². The van der Waals surface area contributed by atoms with E-state index in [0.717, 1.165) is 0 Å². The number of nitrogens with zero attached hydrogens (tertiary/aromatic N) is 3. The van der Waals surface area contributed by atoms with Gasteiger partial charge in [0.25, 0.3) is 5.89 Å². The Hall–Kier alpha value is -2.77. The summed E-state index contributed by atoms with van der Waals surface area (Å²) in [6.07, 6.45) is 0.0673. The molecule has 1 aromatic carbocycles. The van der Waals surface area contributed by atoms with E-state index in [1.54, 1.807) is 0 Å². The Balaban J connectivity index is 1.96. The molecule has 2 rings (SSSR count). The van der Waals surface area contributed by atoms with Crippen molar-refractivity contribution >= 4 is 16.0 Å². The van der Waals surface area contributed by atoms with Crippen LogP contribution < -0.4 is 4.72 Å². The number of sulfonamides is 1. The third-order valence-corrected chi connectivity index (χ3v) is 4.73. The molecule has 9 nitrogen and oxygen atoms in total. The van der Waals surface area contributed by atoms with Gasteiger partial charge in [0.1, 0.15) is 0 Å². The van der Waals surface area contributed by atoms with Crippen LogP contribution >= 0.6 is 0 Å². The van der Waals surface area contributed by atoms with Gasteiger partial charge in [-0.05, 0) is 24.3 Å². The highest BCUT2D eigenvalue weighted by Crippen LogP contribution is 2.13. The Morgan fingerprint density at radius 3 is 2.62 bits per heavy atom. The molecule has 138 valence electrons. The van der Waals surface area contributed by atoms with Gasteiger partial charge in [0.2, 0.25) is 10.0 Å². The van der Waals surface area contributed by atoms with Crippen LogP contribution in [0.4, 0.5) is 0 Å². The largest absolute Gasteiger partial charge is 0.452 e. The lowest BCUT2D eigenvalue weighted by Crippen LogP contribution is -2.24. The highest BCUT2D eigenvalue weighted by molar-refractivity contribution is 7.89. The molecule has 0 saturated heterocycles. The molecule has 10 heteroatoms. The van der Waals surface area contributed by atoms with E-state index in [1.165, 1.54) is 24.3 Å². The second kappa shape index (κ2) is 8.55. The van der Waals surface area contributed by atoms with Crippen molar-refractivity contribution in [2.75, 3.05) is 6.54 Å². The average Bonchev–Trinajstić information content (AvgIpc) is 3.09. The number of carbonyl (C=O) groups excluding carboxylic acids is 1. The molecule has 0 atom stereocenters. The number of hydrogen-bond acceptors (Lipinski definition) is 8. The SMILES string of the molecule is CC(C)c1noc(COC(=O)c2ccc(S(=O)(=O)NCCC#N)cc2)n1. The third kappa shape index (κ3) is 5.11. The Labute approximate surface area is 151 Å². The Morgan fingerprint density at radius 1 is 1.35 bits per heavy atom. The molecule has 0 aliphatic heterocycles. The lowest BCUT2D eigenvalue weighted by Gasteiger charge is -2.06. The maximum Gasteiger partial charge on any atom is 0.338 e. The van der Waals surface area contributed by atoms with E-state index in [4.69, 9.17) is 14.5 Å². The molecular weight excluding hydrogens is 360 g/mol. The predicted octanol–water partition coefficient (Wildman–Crippen LogP) is 1.74. The molecule has 2 aromatic rings. The summed E-state index contributed by atoms with van der Waals surface area (Å²) in [5, 5.41) is 12.2. The maximum absolute atomic E-state index is 12.0. The molecule has 0 aliphatic rings. The standard InChI is InChI=1S/C16H18N4O5S/c1-11(2)15-19-14(25-20-15)10-24-16(21)12-4-6-13(7-5-12)26(22,23)18-9-3-8-17/h4-7,11,18H,3,9-10H2,1-2H3. The summed E-state index contributed by atoms with van der Waals surface area (Å²) in [7, 11) is -3.72. The van der Waals surface area contributed by atoms with E-state index in [0.29, 0.717) is 5.82 Å². The zero-order valence-electron chi connectivity index (χ0n) is 14.3. The zero-order valence-corrected chi connectivity index (χ0v) is 15.1. The van der Waals surface area contributed by atoms with E-state index in [1.807, 2.05) is 19.9 Å². The zero-order chi connectivity index (χ0) is 19.2. The predicted molar refractivity (Wildman–Crippen MR) is 89.4 cm³/mol. The fraction of sp³-hybridized carbons (Fsp3) is 0.375. The second-order valence-corrected chi connectivity index (χ2v) is 7.37. The molecular formula is C16H18N4O5S. The smallest absolute Gasteiger partial charge is 0.338 e. The number of ether oxygens (including phenoxy) is 1. The lowest BCUT2D eigenvalue weighted by atomic mass is 10.2. The van der Waals surface area contributed by atoms with Crippen molar-refractivity contribution in [2.24, 2.45) is 0 Å². The van der Waals surface area contributed by atoms with Crippen molar-refractivity contribution in [3.8, 4) is 6.07 Å². The van der Waals surface area contributed by atoms with Gasteiger partial charge in [-0.25, -0.2) is 17.9 Å². The highest BCUT2D eigenvalue weighted by atomic mass is 32.2. The van der Waals surface area contributed by atoms with E-state index >= 15 is 0 Å². The number of hydrogen-bond donors (Lipinski definition) is 1. The molecule has 1 aromatic heterocycles. The number of benzene rings is 1. The topological polar surface area (TPSA) is 135 Å². The number of carbonyl (C=O) groups is 1. The molecule has 0 radical (unpaired) electrons. The van der Waals surface area contributed by atoms with E-state index in [9.17, 15) is 13.2 Å². The van der Waals surface area contributed by atoms with Crippen LogP contribution in [0.2, 0.25) is 0 Å². The number of esters is 1. The molecule has 26 heavy (non-hydrogen) atoms. The average molecular weight is 378 g/mol. The molecule has 1 N–H and O–H groups in total. The fourth-order valence-corrected chi connectivity index (χ4v) is 2.90. The molecule has 0 amide bonds. The molecule has 0 aliphatic carbocycles. The van der Waals surface area contributed by atoms with E-state index in [-0.39, 0.29) is 41.8 Å². The van der Waals surface area contributed by atoms with Gasteiger partial charge in [-0.15, -0.1) is 0 Å². The molecule has 0 fully saturated rings. The lowest BCUT2D eigenvalue weighted by molar-refractivity contribution is 0.0429. The van der Waals surface area contributed by atoms with Crippen LogP contribution in [0.25, 0.3) is 0 Å². The molecule has 0 saturated carbocycles. The Bertz CT molecular complexity index is 897. The van der Waals surface area contributed by atoms with Crippen molar-refractivity contribution in [2.45, 2.75) is 37.7 Å². The number of nitrogens with one attached hydrogen (secondary N) is 1. The van der Waals surface area contributed by atoms with Crippen molar-refractivity contribution in [1.82, 2.24) is 14.9 Å². The molecule has 0 bridgehead atoms. The fourth-order valence-electron chi connectivity index (χ4n) is 1.87. The van der Waals surface area contributed by atoms with Crippen LogP contribution in [-0.2, 0) is 21.4 Å². The van der Waals surface area contributed by atoms with Crippen molar-refractivity contribution in [3.63, 3.8) is 0 Å². The first kappa shape index (κ1) is 19.6. The van der Waals surface area contributed by atoms with Gasteiger partial charge in [0.05, 0.1) is 16.5 Å². The van der Waals surface area contributed by atoms with Crippen LogP contribution in [-0.4, -0.2) is 31.1 Å². The normalized spacial score (nSPS) is 11.3. The summed E-state index contributed by atoms with van der Waals surface area (Å²) in [6, 6.07) is 7.10. The van der Waals surface area contributed by atoms with E-state index in [2.05, 4.69) is 14.9 Å². The van der Waals surface area contributed by atoms with Gasteiger partial charge >= 0.3 is 5.97 Å². The summed E-state index contributed by atoms with van der Waals surface area (Å²) >= 11 is 0. The van der Waals surface area contributed by atoms with Crippen LogP contribution in [0.3, 0.4) is 0 Å². The number of rotatable bonds is 8. The third-order valence-electron chi connectivity index (χ3n) is 3.26. The first-order valence-electron chi connectivity index (χ1n) is 7.80. The van der Waals surface area contributed by atoms with Crippen LogP contribution in [0, 0.1) is 11.3 Å². The van der Waals surface area contributed by atoms with Crippen molar-refractivity contribution in [1.29, 1.82) is 5.26 Å². The van der Waals surface area contributed by atoms with Gasteiger partial charge in [-0.2, -0.15) is 10.2 Å². The van der Waals surface area contributed by atoms with Crippen LogP contribution in [0.5, 0.6) is 0 Å². The molecule has 0 spiro atoms. The summed E-state index contributed by atoms with van der Waals surface area (Å²) in [5.74, 6) is 0.160. The molecule has 1 heterocycles. The van der Waals surface area contributed by atoms with Gasteiger partial charge in [-0.1, -0.05) is 19.0 Å². The minimum atomic E-state index is -3.72. The first-order chi connectivity index (χ1) is 12.3. The van der Waals surface area contributed by atoms with Crippen LogP contribution in [0.15, 0.2) is 33.7 Å². The maximum atomic E-state index is 12.0. The van der Waals surface area contributed by atoms with Gasteiger partial charge in [0.15, 0.2) is 12.4 Å². The summed E-state index contributed by atoms with van der Waals surface area (Å²) in [5.41, 5.74) is 0.185. The Morgan fingerprint density at radius 2 is 2.04 bits per heavy atom. The summed E-state index contributed by atoms with van der Waals surface area (Å²) < 4.78 is 36.3. The number of aromatic nitrogens is 2. The monoisotopic (exact) mass is 378 g/mol. The van der Waals surface area contributed by atoms with Crippen LogP contribution in [0.1, 0.15) is 48.3 Å². The van der Waals surface area contributed by atoms with Gasteiger partial charge in [-0.3, -0.25) is 0 Å². The number of nitriles is 1. The summed E-state index contributed by atoms with van der Waals surface area (Å²) in [4.78, 5) is 16.1. The Kier molecular flexibility index (Phi) is 6.43.